The maximum atomic E-state index is 13.4. The summed E-state index contributed by atoms with van der Waals surface area (Å²) in [5, 5.41) is 2.98. The molecule has 0 aromatic heterocycles. The lowest BCUT2D eigenvalue weighted by Crippen LogP contribution is -2.42. The van der Waals surface area contributed by atoms with E-state index in [0.717, 1.165) is 54.9 Å². The average Bonchev–Trinajstić information content (AvgIpc) is 2.83. The third-order valence-electron chi connectivity index (χ3n) is 5.98. The molecule has 4 rings (SSSR count). The molecule has 1 amide bonds. The largest absolute Gasteiger partial charge is 0.496 e. The molecule has 1 heterocycles. The number of para-hydroxylation sites is 1. The number of rotatable bonds is 7. The molecule has 32 heavy (non-hydrogen) atoms. The Kier molecular flexibility index (Phi) is 7.17. The Morgan fingerprint density at radius 3 is 2.72 bits per heavy atom. The van der Waals surface area contributed by atoms with Gasteiger partial charge in [0.25, 0.3) is 0 Å². The summed E-state index contributed by atoms with van der Waals surface area (Å²) in [6.07, 6.45) is 1.87. The van der Waals surface area contributed by atoms with Crippen molar-refractivity contribution in [3.05, 3.63) is 89.7 Å². The van der Waals surface area contributed by atoms with Crippen molar-refractivity contribution in [1.29, 1.82) is 0 Å². The van der Waals surface area contributed by atoms with E-state index in [4.69, 9.17) is 4.74 Å². The molecule has 1 unspecified atom stereocenters. The first kappa shape index (κ1) is 22.0. The highest BCUT2D eigenvalue weighted by atomic mass is 19.1. The van der Waals surface area contributed by atoms with E-state index in [2.05, 4.69) is 40.5 Å². The van der Waals surface area contributed by atoms with Crippen LogP contribution in [0, 0.1) is 11.7 Å². The number of hydrogen-bond donors (Lipinski definition) is 1. The van der Waals surface area contributed by atoms with Crippen LogP contribution in [0.1, 0.15) is 24.0 Å². The fourth-order valence-electron chi connectivity index (χ4n) is 4.37. The van der Waals surface area contributed by atoms with Crippen molar-refractivity contribution in [1.82, 2.24) is 10.2 Å². The molecule has 0 radical (unpaired) electrons. The zero-order valence-corrected chi connectivity index (χ0v) is 18.4. The molecular formula is C27H29FN2O2. The third kappa shape index (κ3) is 5.54. The Labute approximate surface area is 189 Å². The summed E-state index contributed by atoms with van der Waals surface area (Å²) in [5.74, 6) is 0.574. The minimum Gasteiger partial charge on any atom is -0.496 e. The van der Waals surface area contributed by atoms with Crippen LogP contribution in [0.2, 0.25) is 0 Å². The van der Waals surface area contributed by atoms with E-state index in [-0.39, 0.29) is 17.6 Å². The summed E-state index contributed by atoms with van der Waals surface area (Å²) in [6.45, 7) is 2.87. The molecule has 3 aromatic rings. The van der Waals surface area contributed by atoms with Crippen LogP contribution in [0.25, 0.3) is 11.1 Å². The van der Waals surface area contributed by atoms with E-state index in [1.165, 1.54) is 17.7 Å². The number of nitrogens with one attached hydrogen (secondary N) is 1. The molecule has 166 valence electrons. The van der Waals surface area contributed by atoms with Crippen LogP contribution in [0.5, 0.6) is 5.75 Å². The second-order valence-electron chi connectivity index (χ2n) is 8.32. The Hall–Kier alpha value is -3.18. The summed E-state index contributed by atoms with van der Waals surface area (Å²) < 4.78 is 18.9. The van der Waals surface area contributed by atoms with E-state index in [9.17, 15) is 9.18 Å². The maximum absolute atomic E-state index is 13.4. The second kappa shape index (κ2) is 10.4. The van der Waals surface area contributed by atoms with Gasteiger partial charge in [-0.2, -0.15) is 0 Å². The van der Waals surface area contributed by atoms with Gasteiger partial charge in [0.15, 0.2) is 0 Å². The van der Waals surface area contributed by atoms with Gasteiger partial charge in [-0.3, -0.25) is 9.69 Å². The molecule has 1 fully saturated rings. The normalized spacial score (nSPS) is 16.5. The maximum Gasteiger partial charge on any atom is 0.224 e. The van der Waals surface area contributed by atoms with E-state index >= 15 is 0 Å². The molecule has 3 aromatic carbocycles. The second-order valence-corrected chi connectivity index (χ2v) is 8.32. The molecule has 1 N–H and O–H groups in total. The van der Waals surface area contributed by atoms with Crippen molar-refractivity contribution in [3.63, 3.8) is 0 Å². The lowest BCUT2D eigenvalue weighted by Gasteiger charge is -2.32. The average molecular weight is 433 g/mol. The highest BCUT2D eigenvalue weighted by Crippen LogP contribution is 2.30. The molecule has 1 saturated heterocycles. The molecule has 1 aliphatic rings. The van der Waals surface area contributed by atoms with Crippen LogP contribution < -0.4 is 10.1 Å². The number of likely N-dealkylation sites (tertiary alicyclic amines) is 1. The first-order valence-corrected chi connectivity index (χ1v) is 11.1. The SMILES string of the molecule is COc1ccccc1-c1cccc(CN2CCCC(C(=O)NCc3cccc(F)c3)C2)c1. The molecule has 0 bridgehead atoms. The number of piperidine rings is 1. The van der Waals surface area contributed by atoms with Gasteiger partial charge in [0.05, 0.1) is 13.0 Å². The zero-order chi connectivity index (χ0) is 22.3. The Morgan fingerprint density at radius 2 is 1.88 bits per heavy atom. The van der Waals surface area contributed by atoms with Gasteiger partial charge in [0.2, 0.25) is 5.91 Å². The van der Waals surface area contributed by atoms with Gasteiger partial charge >= 0.3 is 0 Å². The van der Waals surface area contributed by atoms with Crippen LogP contribution in [-0.4, -0.2) is 31.0 Å². The van der Waals surface area contributed by atoms with Crippen LogP contribution in [-0.2, 0) is 17.9 Å². The van der Waals surface area contributed by atoms with Crippen molar-refractivity contribution >= 4 is 5.91 Å². The minimum atomic E-state index is -0.282. The molecule has 0 saturated carbocycles. The first-order chi connectivity index (χ1) is 15.6. The number of hydrogen-bond acceptors (Lipinski definition) is 3. The summed E-state index contributed by atoms with van der Waals surface area (Å²) in [5.41, 5.74) is 4.19. The zero-order valence-electron chi connectivity index (χ0n) is 18.4. The number of benzene rings is 3. The summed E-state index contributed by atoms with van der Waals surface area (Å²) in [4.78, 5) is 15.1. The number of ether oxygens (including phenoxy) is 1. The lowest BCUT2D eigenvalue weighted by atomic mass is 9.96. The van der Waals surface area contributed by atoms with Gasteiger partial charge in [-0.25, -0.2) is 4.39 Å². The third-order valence-corrected chi connectivity index (χ3v) is 5.98. The summed E-state index contributed by atoms with van der Waals surface area (Å²) in [6, 6.07) is 22.9. The van der Waals surface area contributed by atoms with Crippen molar-refractivity contribution in [2.45, 2.75) is 25.9 Å². The van der Waals surface area contributed by atoms with Crippen molar-refractivity contribution in [2.75, 3.05) is 20.2 Å². The molecule has 0 aliphatic carbocycles. The van der Waals surface area contributed by atoms with Gasteiger partial charge in [0.1, 0.15) is 11.6 Å². The number of methoxy groups -OCH3 is 1. The number of carbonyl (C=O) groups is 1. The van der Waals surface area contributed by atoms with E-state index in [0.29, 0.717) is 6.54 Å². The predicted molar refractivity (Wildman–Crippen MR) is 125 cm³/mol. The quantitative estimate of drug-likeness (QED) is 0.569. The standard InChI is InChI=1S/C27H29FN2O2/c1-32-26-13-3-2-12-25(26)22-9-4-8-21(15-22)18-30-14-6-10-23(19-30)27(31)29-17-20-7-5-11-24(28)16-20/h2-5,7-9,11-13,15-16,23H,6,10,14,17-19H2,1H3,(H,29,31). The Bertz CT molecular complexity index is 1070. The lowest BCUT2D eigenvalue weighted by molar-refractivity contribution is -0.126. The molecular weight excluding hydrogens is 403 g/mol. The predicted octanol–water partition coefficient (Wildman–Crippen LogP) is 5.03. The molecule has 4 nitrogen and oxygen atoms in total. The summed E-state index contributed by atoms with van der Waals surface area (Å²) in [7, 11) is 1.69. The van der Waals surface area contributed by atoms with Crippen LogP contribution in [0.4, 0.5) is 4.39 Å². The van der Waals surface area contributed by atoms with Crippen LogP contribution >= 0.6 is 0 Å². The molecule has 0 spiro atoms. The van der Waals surface area contributed by atoms with Gasteiger partial charge in [-0.05, 0) is 60.3 Å². The highest BCUT2D eigenvalue weighted by Gasteiger charge is 2.25. The number of nitrogens with zero attached hydrogens (tertiary/aromatic N) is 1. The molecule has 5 heteroatoms. The van der Waals surface area contributed by atoms with Gasteiger partial charge in [-0.1, -0.05) is 48.5 Å². The Balaban J connectivity index is 1.37. The Morgan fingerprint density at radius 1 is 1.06 bits per heavy atom. The summed E-state index contributed by atoms with van der Waals surface area (Å²) >= 11 is 0. The first-order valence-electron chi connectivity index (χ1n) is 11.1. The molecule has 1 aliphatic heterocycles. The van der Waals surface area contributed by atoms with Gasteiger partial charge in [-0.15, -0.1) is 0 Å². The fourth-order valence-corrected chi connectivity index (χ4v) is 4.37. The van der Waals surface area contributed by atoms with Crippen molar-refractivity contribution in [3.8, 4) is 16.9 Å². The topological polar surface area (TPSA) is 41.6 Å². The van der Waals surface area contributed by atoms with Crippen LogP contribution in [0.3, 0.4) is 0 Å². The van der Waals surface area contributed by atoms with E-state index in [1.54, 1.807) is 13.2 Å². The van der Waals surface area contributed by atoms with Gasteiger partial charge < -0.3 is 10.1 Å². The smallest absolute Gasteiger partial charge is 0.224 e. The number of amides is 1. The number of carbonyl (C=O) groups excluding carboxylic acids is 1. The number of halogens is 1. The van der Waals surface area contributed by atoms with Gasteiger partial charge in [0, 0.05) is 25.2 Å². The van der Waals surface area contributed by atoms with Crippen molar-refractivity contribution < 1.29 is 13.9 Å². The minimum absolute atomic E-state index is 0.0433. The van der Waals surface area contributed by atoms with Crippen LogP contribution in [0.15, 0.2) is 72.8 Å². The fraction of sp³-hybridized carbons (Fsp3) is 0.296. The van der Waals surface area contributed by atoms with E-state index in [1.807, 2.05) is 24.3 Å². The van der Waals surface area contributed by atoms with E-state index < -0.39 is 0 Å². The monoisotopic (exact) mass is 432 g/mol. The highest BCUT2D eigenvalue weighted by molar-refractivity contribution is 5.79. The van der Waals surface area contributed by atoms with Crippen molar-refractivity contribution in [2.24, 2.45) is 5.92 Å². The molecule has 1 atom stereocenters.